The van der Waals surface area contributed by atoms with E-state index in [1.54, 1.807) is 26.8 Å². The van der Waals surface area contributed by atoms with Gasteiger partial charge in [-0.2, -0.15) is 0 Å². The zero-order chi connectivity index (χ0) is 26.3. The van der Waals surface area contributed by atoms with Crippen molar-refractivity contribution in [3.63, 3.8) is 0 Å². The van der Waals surface area contributed by atoms with Gasteiger partial charge in [0.2, 0.25) is 5.91 Å². The summed E-state index contributed by atoms with van der Waals surface area (Å²) in [5.74, 6) is -4.57. The number of methoxy groups -OCH3 is 1. The number of nitrogens with zero attached hydrogens (tertiary/aromatic N) is 2. The molecule has 0 aliphatic carbocycles. The van der Waals surface area contributed by atoms with Crippen molar-refractivity contribution >= 4 is 29.4 Å². The summed E-state index contributed by atoms with van der Waals surface area (Å²) < 4.78 is 10.2. The number of nitro benzene ring substituents is 1. The molecule has 2 rings (SSSR count). The maximum absolute atomic E-state index is 13.6. The minimum Gasteiger partial charge on any atom is -0.468 e. The lowest BCUT2D eigenvalue weighted by atomic mass is 9.76. The van der Waals surface area contributed by atoms with Gasteiger partial charge in [0.25, 0.3) is 5.69 Å². The van der Waals surface area contributed by atoms with Crippen LogP contribution in [0.1, 0.15) is 52.0 Å². The minimum atomic E-state index is -1.19. The van der Waals surface area contributed by atoms with Crippen LogP contribution in [0.2, 0.25) is 0 Å². The van der Waals surface area contributed by atoms with Crippen molar-refractivity contribution < 1.29 is 28.8 Å². The van der Waals surface area contributed by atoms with Crippen molar-refractivity contribution in [2.45, 2.75) is 52.5 Å². The number of amides is 1. The van der Waals surface area contributed by atoms with Crippen LogP contribution in [-0.4, -0.2) is 48.4 Å². The molecule has 1 aromatic carbocycles. The van der Waals surface area contributed by atoms with Gasteiger partial charge in [-0.1, -0.05) is 39.3 Å². The molecule has 0 fully saturated rings. The Labute approximate surface area is 203 Å². The van der Waals surface area contributed by atoms with Crippen molar-refractivity contribution in [1.29, 1.82) is 0 Å². The number of amidine groups is 1. The number of carbonyl (C=O) groups excluding carboxylic acids is 3. The molecule has 0 radical (unpaired) electrons. The third kappa shape index (κ3) is 6.43. The molecule has 11 nitrogen and oxygen atoms in total. The van der Waals surface area contributed by atoms with Crippen LogP contribution in [0.15, 0.2) is 40.5 Å². The predicted molar refractivity (Wildman–Crippen MR) is 128 cm³/mol. The summed E-state index contributed by atoms with van der Waals surface area (Å²) in [5, 5.41) is 14.1. The summed E-state index contributed by atoms with van der Waals surface area (Å²) in [6, 6.07) is 4.64. The van der Waals surface area contributed by atoms with Crippen molar-refractivity contribution in [1.82, 2.24) is 5.32 Å². The fraction of sp³-hybridized carbons (Fsp3) is 0.500. The van der Waals surface area contributed by atoms with Crippen molar-refractivity contribution in [2.75, 3.05) is 13.7 Å². The molecular formula is C24H32N4O7. The standard InChI is InChI=1S/C24H32N4O7/c1-6-7-11-35-24(31)20(13(2)3)27-22(29)17-14(4)26-21(25)19(23(30)34-5)18(17)15-9-8-10-16(12-15)28(32)33/h8-10,12-13,18-20H,6-7,11H2,1-5H3,(H2,25,26)(H,27,29). The second kappa shape index (κ2) is 12.1. The number of hydrogen-bond donors (Lipinski definition) is 2. The van der Waals surface area contributed by atoms with Crippen LogP contribution >= 0.6 is 0 Å². The molecule has 1 amide bonds. The monoisotopic (exact) mass is 488 g/mol. The molecule has 190 valence electrons. The average Bonchev–Trinajstić information content (AvgIpc) is 2.81. The topological polar surface area (TPSA) is 163 Å². The van der Waals surface area contributed by atoms with E-state index in [1.807, 2.05) is 6.92 Å². The number of hydrogen-bond acceptors (Lipinski definition) is 9. The Morgan fingerprint density at radius 3 is 2.54 bits per heavy atom. The first kappa shape index (κ1) is 27.5. The van der Waals surface area contributed by atoms with Crippen LogP contribution in [0.3, 0.4) is 0 Å². The molecule has 1 aliphatic heterocycles. The van der Waals surface area contributed by atoms with Crippen LogP contribution in [-0.2, 0) is 23.9 Å². The first-order chi connectivity index (χ1) is 16.5. The Kier molecular flexibility index (Phi) is 9.50. The summed E-state index contributed by atoms with van der Waals surface area (Å²) in [6.07, 6.45) is 1.54. The van der Waals surface area contributed by atoms with Gasteiger partial charge in [0, 0.05) is 29.3 Å². The molecule has 0 aromatic heterocycles. The maximum atomic E-state index is 13.6. The van der Waals surface area contributed by atoms with Gasteiger partial charge in [0.1, 0.15) is 17.8 Å². The molecule has 0 saturated carbocycles. The van der Waals surface area contributed by atoms with E-state index in [4.69, 9.17) is 15.2 Å². The smallest absolute Gasteiger partial charge is 0.328 e. The molecule has 3 unspecified atom stereocenters. The highest BCUT2D eigenvalue weighted by Crippen LogP contribution is 2.39. The van der Waals surface area contributed by atoms with Gasteiger partial charge in [0.15, 0.2) is 0 Å². The molecule has 1 aromatic rings. The van der Waals surface area contributed by atoms with E-state index in [0.717, 1.165) is 6.42 Å². The molecule has 3 N–H and O–H groups in total. The van der Waals surface area contributed by atoms with E-state index in [9.17, 15) is 24.5 Å². The molecule has 35 heavy (non-hydrogen) atoms. The number of unbranched alkanes of at least 4 members (excludes halogenated alkanes) is 1. The number of rotatable bonds is 10. The minimum absolute atomic E-state index is 0.0575. The van der Waals surface area contributed by atoms with Gasteiger partial charge in [-0.15, -0.1) is 0 Å². The number of non-ortho nitro benzene ring substituents is 1. The van der Waals surface area contributed by atoms with Crippen molar-refractivity contribution in [3.05, 3.63) is 51.2 Å². The third-order valence-electron chi connectivity index (χ3n) is 5.74. The van der Waals surface area contributed by atoms with E-state index in [1.165, 1.54) is 25.3 Å². The first-order valence-corrected chi connectivity index (χ1v) is 11.4. The van der Waals surface area contributed by atoms with E-state index in [2.05, 4.69) is 10.3 Å². The number of nitrogens with two attached hydrogens (primary N) is 1. The molecule has 11 heteroatoms. The number of ether oxygens (including phenoxy) is 2. The molecular weight excluding hydrogens is 456 g/mol. The Hall–Kier alpha value is -3.76. The number of benzene rings is 1. The lowest BCUT2D eigenvalue weighted by Gasteiger charge is -2.32. The largest absolute Gasteiger partial charge is 0.468 e. The van der Waals surface area contributed by atoms with Gasteiger partial charge in [-0.3, -0.25) is 19.7 Å². The second-order valence-corrected chi connectivity index (χ2v) is 8.58. The number of nitrogens with one attached hydrogen (secondary N) is 1. The van der Waals surface area contributed by atoms with E-state index in [-0.39, 0.29) is 35.3 Å². The number of carbonyl (C=O) groups is 3. The molecule has 0 bridgehead atoms. The molecule has 1 aliphatic rings. The number of esters is 2. The number of allylic oxidation sites excluding steroid dienone is 1. The van der Waals surface area contributed by atoms with Gasteiger partial charge in [-0.25, -0.2) is 9.79 Å². The zero-order valence-corrected chi connectivity index (χ0v) is 20.6. The zero-order valence-electron chi connectivity index (χ0n) is 20.6. The lowest BCUT2D eigenvalue weighted by Crippen LogP contribution is -2.48. The summed E-state index contributed by atoms with van der Waals surface area (Å²) in [7, 11) is 1.17. The summed E-state index contributed by atoms with van der Waals surface area (Å²) in [4.78, 5) is 53.9. The van der Waals surface area contributed by atoms with E-state index >= 15 is 0 Å². The number of aliphatic imine (C=N–C) groups is 1. The Bertz CT molecular complexity index is 1050. The highest BCUT2D eigenvalue weighted by atomic mass is 16.6. The van der Waals surface area contributed by atoms with Crippen LogP contribution in [0.25, 0.3) is 0 Å². The van der Waals surface area contributed by atoms with E-state index in [0.29, 0.717) is 12.0 Å². The second-order valence-electron chi connectivity index (χ2n) is 8.58. The highest BCUT2D eigenvalue weighted by Gasteiger charge is 2.43. The van der Waals surface area contributed by atoms with Crippen LogP contribution < -0.4 is 11.1 Å². The van der Waals surface area contributed by atoms with E-state index < -0.39 is 40.6 Å². The summed E-state index contributed by atoms with van der Waals surface area (Å²) in [5.41, 5.74) is 6.44. The first-order valence-electron chi connectivity index (χ1n) is 11.4. The Morgan fingerprint density at radius 1 is 1.29 bits per heavy atom. The predicted octanol–water partition coefficient (Wildman–Crippen LogP) is 2.60. The van der Waals surface area contributed by atoms with Crippen molar-refractivity contribution in [2.24, 2.45) is 22.6 Å². The van der Waals surface area contributed by atoms with Gasteiger partial charge in [0.05, 0.1) is 18.6 Å². The Morgan fingerprint density at radius 2 is 1.97 bits per heavy atom. The van der Waals surface area contributed by atoms with Gasteiger partial charge >= 0.3 is 11.9 Å². The number of nitro groups is 1. The van der Waals surface area contributed by atoms with Gasteiger partial charge < -0.3 is 20.5 Å². The molecule has 3 atom stereocenters. The van der Waals surface area contributed by atoms with Crippen LogP contribution in [0.4, 0.5) is 5.69 Å². The molecule has 0 spiro atoms. The lowest BCUT2D eigenvalue weighted by molar-refractivity contribution is -0.384. The highest BCUT2D eigenvalue weighted by molar-refractivity contribution is 6.07. The molecule has 0 saturated heterocycles. The maximum Gasteiger partial charge on any atom is 0.328 e. The quantitative estimate of drug-likeness (QED) is 0.220. The molecule has 1 heterocycles. The van der Waals surface area contributed by atoms with Crippen LogP contribution in [0.5, 0.6) is 0 Å². The van der Waals surface area contributed by atoms with Crippen LogP contribution in [0, 0.1) is 22.0 Å². The van der Waals surface area contributed by atoms with Crippen molar-refractivity contribution in [3.8, 4) is 0 Å². The fourth-order valence-corrected chi connectivity index (χ4v) is 3.89. The Balaban J connectivity index is 2.54. The average molecular weight is 489 g/mol. The fourth-order valence-electron chi connectivity index (χ4n) is 3.89. The summed E-state index contributed by atoms with van der Waals surface area (Å²) >= 11 is 0. The normalized spacial score (nSPS) is 18.5. The summed E-state index contributed by atoms with van der Waals surface area (Å²) in [6.45, 7) is 7.27. The van der Waals surface area contributed by atoms with Gasteiger partial charge in [-0.05, 0) is 24.8 Å². The SMILES string of the molecule is CCCCOC(=O)C(NC(=O)C1=C(C)N=C(N)C(C(=O)OC)C1c1cccc([N+](=O)[O-])c1)C(C)C. The third-order valence-corrected chi connectivity index (χ3v) is 5.74.